The summed E-state index contributed by atoms with van der Waals surface area (Å²) in [5.74, 6) is 0. The summed E-state index contributed by atoms with van der Waals surface area (Å²) in [6.45, 7) is 1.57. The second-order valence-corrected chi connectivity index (χ2v) is 10.3. The van der Waals surface area contributed by atoms with Gasteiger partial charge in [0, 0.05) is 24.3 Å². The summed E-state index contributed by atoms with van der Waals surface area (Å²) in [7, 11) is -3.55. The van der Waals surface area contributed by atoms with Crippen molar-refractivity contribution in [3.63, 3.8) is 0 Å². The number of rotatable bonds is 6. The zero-order valence-electron chi connectivity index (χ0n) is 16.1. The van der Waals surface area contributed by atoms with Crippen molar-refractivity contribution in [1.82, 2.24) is 9.29 Å². The molecule has 156 valence electrons. The van der Waals surface area contributed by atoms with Crippen molar-refractivity contribution in [2.75, 3.05) is 26.3 Å². The second kappa shape index (κ2) is 9.49. The molecule has 8 heteroatoms. The van der Waals surface area contributed by atoms with Gasteiger partial charge in [-0.1, -0.05) is 65.8 Å². The standard InChI is InChI=1S/C22H21ClN2O3S2/c23-19-8-6-18(7-9-19)22(17-4-2-1-3-5-17)29-21-11-10-20(16-24-21)30(26,27)25-12-14-28-15-13-25/h1-11,16,22H,12-15H2. The molecule has 30 heavy (non-hydrogen) atoms. The van der Waals surface area contributed by atoms with E-state index in [1.165, 1.54) is 10.5 Å². The molecule has 0 spiro atoms. The lowest BCUT2D eigenvalue weighted by molar-refractivity contribution is 0.0730. The molecule has 0 bridgehead atoms. The predicted octanol–water partition coefficient (Wildman–Crippen LogP) is 4.64. The third-order valence-electron chi connectivity index (χ3n) is 4.83. The smallest absolute Gasteiger partial charge is 0.244 e. The van der Waals surface area contributed by atoms with E-state index in [-0.39, 0.29) is 10.1 Å². The highest BCUT2D eigenvalue weighted by atomic mass is 35.5. The van der Waals surface area contributed by atoms with Gasteiger partial charge in [0.05, 0.1) is 23.5 Å². The number of ether oxygens (including phenoxy) is 1. The van der Waals surface area contributed by atoms with E-state index in [0.29, 0.717) is 31.3 Å². The van der Waals surface area contributed by atoms with Gasteiger partial charge in [0.25, 0.3) is 0 Å². The van der Waals surface area contributed by atoms with E-state index in [0.717, 1.165) is 16.2 Å². The molecule has 1 aliphatic heterocycles. The molecule has 0 amide bonds. The van der Waals surface area contributed by atoms with Crippen LogP contribution in [0.25, 0.3) is 0 Å². The van der Waals surface area contributed by atoms with E-state index in [2.05, 4.69) is 17.1 Å². The largest absolute Gasteiger partial charge is 0.379 e. The van der Waals surface area contributed by atoms with Gasteiger partial charge in [0.2, 0.25) is 10.0 Å². The number of sulfonamides is 1. The van der Waals surface area contributed by atoms with Crippen LogP contribution in [0.1, 0.15) is 16.4 Å². The van der Waals surface area contributed by atoms with Crippen LogP contribution in [0.2, 0.25) is 5.02 Å². The van der Waals surface area contributed by atoms with Gasteiger partial charge in [0.15, 0.2) is 0 Å². The van der Waals surface area contributed by atoms with Crippen LogP contribution in [0.5, 0.6) is 0 Å². The Balaban J connectivity index is 1.58. The van der Waals surface area contributed by atoms with Gasteiger partial charge >= 0.3 is 0 Å². The van der Waals surface area contributed by atoms with E-state index < -0.39 is 10.0 Å². The molecule has 0 saturated carbocycles. The second-order valence-electron chi connectivity index (χ2n) is 6.81. The van der Waals surface area contributed by atoms with Gasteiger partial charge in [-0.3, -0.25) is 0 Å². The fraction of sp³-hybridized carbons (Fsp3) is 0.227. The Morgan fingerprint density at radius 2 is 1.60 bits per heavy atom. The summed E-state index contributed by atoms with van der Waals surface area (Å²) in [5, 5.41) is 1.45. The van der Waals surface area contributed by atoms with Gasteiger partial charge in [-0.05, 0) is 35.4 Å². The van der Waals surface area contributed by atoms with Crippen molar-refractivity contribution in [3.8, 4) is 0 Å². The minimum atomic E-state index is -3.55. The molecular weight excluding hydrogens is 440 g/mol. The minimum absolute atomic E-state index is 0.0117. The Morgan fingerprint density at radius 3 is 2.23 bits per heavy atom. The summed E-state index contributed by atoms with van der Waals surface area (Å²) >= 11 is 7.63. The molecule has 1 aromatic heterocycles. The van der Waals surface area contributed by atoms with E-state index in [1.54, 1.807) is 23.9 Å². The highest BCUT2D eigenvalue weighted by Gasteiger charge is 2.26. The van der Waals surface area contributed by atoms with E-state index >= 15 is 0 Å². The monoisotopic (exact) mass is 460 g/mol. The molecule has 3 aromatic rings. The SMILES string of the molecule is O=S(=O)(c1ccc(SC(c2ccccc2)c2ccc(Cl)cc2)nc1)N1CCOCC1. The van der Waals surface area contributed by atoms with E-state index in [4.69, 9.17) is 16.3 Å². The van der Waals surface area contributed by atoms with Crippen LogP contribution in [0.3, 0.4) is 0 Å². The Bertz CT molecular complexity index is 1070. The fourth-order valence-corrected chi connectivity index (χ4v) is 5.81. The molecular formula is C22H21ClN2O3S2. The lowest BCUT2D eigenvalue weighted by atomic mass is 10.0. The highest BCUT2D eigenvalue weighted by Crippen LogP contribution is 2.40. The van der Waals surface area contributed by atoms with Crippen molar-refractivity contribution in [2.45, 2.75) is 15.2 Å². The zero-order valence-corrected chi connectivity index (χ0v) is 18.5. The normalized spacial score (nSPS) is 16.3. The zero-order chi connectivity index (χ0) is 21.0. The van der Waals surface area contributed by atoms with Crippen molar-refractivity contribution < 1.29 is 13.2 Å². The Kier molecular flexibility index (Phi) is 6.75. The maximum absolute atomic E-state index is 12.8. The first-order valence-electron chi connectivity index (χ1n) is 9.55. The number of aromatic nitrogens is 1. The van der Waals surface area contributed by atoms with Crippen molar-refractivity contribution in [3.05, 3.63) is 89.1 Å². The average Bonchev–Trinajstić information content (AvgIpc) is 2.80. The number of nitrogens with zero attached hydrogens (tertiary/aromatic N) is 2. The number of morpholine rings is 1. The number of halogens is 1. The van der Waals surface area contributed by atoms with Crippen LogP contribution in [0.4, 0.5) is 0 Å². The van der Waals surface area contributed by atoms with Crippen LogP contribution in [0.15, 0.2) is 82.8 Å². The first-order chi connectivity index (χ1) is 14.5. The predicted molar refractivity (Wildman–Crippen MR) is 119 cm³/mol. The first-order valence-corrected chi connectivity index (χ1v) is 12.2. The number of pyridine rings is 1. The summed E-state index contributed by atoms with van der Waals surface area (Å²) < 4.78 is 32.3. The quantitative estimate of drug-likeness (QED) is 0.501. The molecule has 0 N–H and O–H groups in total. The number of benzene rings is 2. The van der Waals surface area contributed by atoms with Gasteiger partial charge in [-0.15, -0.1) is 0 Å². The van der Waals surface area contributed by atoms with Crippen LogP contribution >= 0.6 is 23.4 Å². The highest BCUT2D eigenvalue weighted by molar-refractivity contribution is 7.99. The van der Waals surface area contributed by atoms with E-state index in [9.17, 15) is 8.42 Å². The molecule has 1 atom stereocenters. The van der Waals surface area contributed by atoms with Crippen molar-refractivity contribution >= 4 is 33.4 Å². The third kappa shape index (κ3) is 4.87. The van der Waals surface area contributed by atoms with Gasteiger partial charge in [-0.2, -0.15) is 4.31 Å². The number of hydrogen-bond donors (Lipinski definition) is 0. The van der Waals surface area contributed by atoms with Gasteiger partial charge < -0.3 is 4.74 Å². The molecule has 1 fully saturated rings. The first kappa shape index (κ1) is 21.3. The molecule has 2 heterocycles. The molecule has 1 aliphatic rings. The molecule has 4 rings (SSSR count). The molecule has 5 nitrogen and oxygen atoms in total. The van der Waals surface area contributed by atoms with Gasteiger partial charge in [-0.25, -0.2) is 13.4 Å². The van der Waals surface area contributed by atoms with Crippen molar-refractivity contribution in [1.29, 1.82) is 0 Å². The summed E-state index contributed by atoms with van der Waals surface area (Å²) in [6, 6.07) is 21.3. The van der Waals surface area contributed by atoms with Gasteiger partial charge in [0.1, 0.15) is 4.90 Å². The molecule has 1 saturated heterocycles. The van der Waals surface area contributed by atoms with Crippen LogP contribution in [0, 0.1) is 0 Å². The third-order valence-corrected chi connectivity index (χ3v) is 8.23. The number of hydrogen-bond acceptors (Lipinski definition) is 5. The molecule has 2 aromatic carbocycles. The van der Waals surface area contributed by atoms with Crippen LogP contribution < -0.4 is 0 Å². The maximum Gasteiger partial charge on any atom is 0.244 e. The minimum Gasteiger partial charge on any atom is -0.379 e. The Morgan fingerprint density at radius 1 is 0.933 bits per heavy atom. The Labute approximate surface area is 186 Å². The van der Waals surface area contributed by atoms with E-state index in [1.807, 2.05) is 42.5 Å². The Hall–Kier alpha value is -1.90. The topological polar surface area (TPSA) is 59.5 Å². The van der Waals surface area contributed by atoms with Crippen molar-refractivity contribution in [2.24, 2.45) is 0 Å². The summed E-state index contributed by atoms with van der Waals surface area (Å²) in [4.78, 5) is 4.65. The number of thioether (sulfide) groups is 1. The summed E-state index contributed by atoms with van der Waals surface area (Å²) in [6.07, 6.45) is 1.44. The maximum atomic E-state index is 12.8. The fourth-order valence-electron chi connectivity index (χ4n) is 3.24. The average molecular weight is 461 g/mol. The molecule has 0 radical (unpaired) electrons. The lowest BCUT2D eigenvalue weighted by Crippen LogP contribution is -2.40. The molecule has 1 unspecified atom stereocenters. The van der Waals surface area contributed by atoms with Crippen LogP contribution in [-0.4, -0.2) is 44.0 Å². The summed E-state index contributed by atoms with van der Waals surface area (Å²) in [5.41, 5.74) is 2.24. The molecule has 0 aliphatic carbocycles. The van der Waals surface area contributed by atoms with Crippen LogP contribution in [-0.2, 0) is 14.8 Å². The lowest BCUT2D eigenvalue weighted by Gasteiger charge is -2.26.